The molecule has 0 aromatic carbocycles. The molecule has 1 aliphatic heterocycles. The Morgan fingerprint density at radius 1 is 1.00 bits per heavy atom. The molecular formula is C28H49NO6. The average Bonchev–Trinajstić information content (AvgIpc) is 3.09. The molecule has 1 amide bonds. The van der Waals surface area contributed by atoms with E-state index in [1.54, 1.807) is 34.6 Å². The maximum absolute atomic E-state index is 12.9. The van der Waals surface area contributed by atoms with E-state index in [9.17, 15) is 9.59 Å². The largest absolute Gasteiger partial charge is 0.509 e. The fourth-order valence-corrected chi connectivity index (χ4v) is 4.13. The minimum Gasteiger partial charge on any atom is -0.444 e. The second-order valence-corrected chi connectivity index (χ2v) is 10.8. The van der Waals surface area contributed by atoms with Crippen LogP contribution in [0.15, 0.2) is 0 Å². The van der Waals surface area contributed by atoms with Gasteiger partial charge in [-0.1, -0.05) is 83.0 Å². The van der Waals surface area contributed by atoms with Crippen LogP contribution >= 0.6 is 0 Å². The van der Waals surface area contributed by atoms with E-state index >= 15 is 0 Å². The average molecular weight is 496 g/mol. The molecule has 35 heavy (non-hydrogen) atoms. The van der Waals surface area contributed by atoms with Gasteiger partial charge in [0.15, 0.2) is 6.10 Å². The molecule has 7 heteroatoms. The second kappa shape index (κ2) is 15.9. The second-order valence-electron chi connectivity index (χ2n) is 10.8. The molecule has 202 valence electrons. The number of carbonyl (C=O) groups excluding carboxylic acids is 2. The third-order valence-electron chi connectivity index (χ3n) is 6.00. The lowest BCUT2D eigenvalue weighted by molar-refractivity contribution is -0.0674. The summed E-state index contributed by atoms with van der Waals surface area (Å²) in [4.78, 5) is 26.3. The highest BCUT2D eigenvalue weighted by molar-refractivity contribution is 5.70. The highest BCUT2D eigenvalue weighted by atomic mass is 16.7. The van der Waals surface area contributed by atoms with Gasteiger partial charge in [-0.25, -0.2) is 9.59 Å². The first-order valence-corrected chi connectivity index (χ1v) is 13.4. The third kappa shape index (κ3) is 12.5. The molecule has 0 radical (unpaired) electrons. The van der Waals surface area contributed by atoms with E-state index in [1.165, 1.54) is 69.8 Å². The van der Waals surface area contributed by atoms with Crippen molar-refractivity contribution in [2.45, 2.75) is 142 Å². The van der Waals surface area contributed by atoms with Gasteiger partial charge in [0.25, 0.3) is 0 Å². The smallest absolute Gasteiger partial charge is 0.444 e. The summed E-state index contributed by atoms with van der Waals surface area (Å²) in [5.41, 5.74) is -1.58. The molecule has 0 aliphatic carbocycles. The molecule has 7 nitrogen and oxygen atoms in total. The van der Waals surface area contributed by atoms with Crippen LogP contribution in [0.5, 0.6) is 0 Å². The highest BCUT2D eigenvalue weighted by Gasteiger charge is 2.49. The first-order valence-electron chi connectivity index (χ1n) is 13.4. The summed E-state index contributed by atoms with van der Waals surface area (Å²) in [5, 5.41) is 0. The molecular weight excluding hydrogens is 446 g/mol. The van der Waals surface area contributed by atoms with Crippen molar-refractivity contribution in [3.05, 3.63) is 0 Å². The number of nitrogens with zero attached hydrogens (tertiary/aromatic N) is 1. The van der Waals surface area contributed by atoms with Gasteiger partial charge in [0.05, 0.1) is 13.7 Å². The molecule has 0 saturated carbocycles. The molecule has 0 aromatic rings. The van der Waals surface area contributed by atoms with Crippen LogP contribution < -0.4 is 0 Å². The minimum absolute atomic E-state index is 0.182. The Labute approximate surface area is 213 Å². The Kier molecular flexibility index (Phi) is 14.2. The zero-order valence-corrected chi connectivity index (χ0v) is 23.2. The van der Waals surface area contributed by atoms with Crippen LogP contribution in [0.25, 0.3) is 0 Å². The monoisotopic (exact) mass is 495 g/mol. The molecule has 0 spiro atoms. The Hall–Kier alpha value is -1.94. The summed E-state index contributed by atoms with van der Waals surface area (Å²) in [6.07, 6.45) is 12.5. The molecule has 0 N–H and O–H groups in total. The number of rotatable bonds is 13. The van der Waals surface area contributed by atoms with Crippen LogP contribution in [0.4, 0.5) is 9.59 Å². The number of carbonyl (C=O) groups is 2. The van der Waals surface area contributed by atoms with Gasteiger partial charge >= 0.3 is 12.2 Å². The maximum atomic E-state index is 12.9. The normalized spacial score (nSPS) is 17.9. The van der Waals surface area contributed by atoms with Crippen molar-refractivity contribution in [2.24, 2.45) is 0 Å². The standard InChI is InChI=1S/C28H49NO6/c1-8-9-10-11-12-13-14-15-16-17-18-19-20-21-24(34-26(31)32-7)23-22-33-28(5,6)29(23)25(30)35-27(2,3)4/h23-24H,8-19,22H2,1-7H3/t23-,24-/m0/s1. The number of ether oxygens (including phenoxy) is 4. The number of unbranched alkanes of at least 4 members (excludes halogenated alkanes) is 11. The Morgan fingerprint density at radius 3 is 2.06 bits per heavy atom. The van der Waals surface area contributed by atoms with Gasteiger partial charge in [0.2, 0.25) is 0 Å². The number of amides is 1. The van der Waals surface area contributed by atoms with Crippen molar-refractivity contribution < 1.29 is 28.5 Å². The van der Waals surface area contributed by atoms with E-state index in [-0.39, 0.29) is 6.61 Å². The van der Waals surface area contributed by atoms with E-state index in [0.29, 0.717) is 6.42 Å². The van der Waals surface area contributed by atoms with E-state index in [4.69, 9.17) is 14.2 Å². The summed E-state index contributed by atoms with van der Waals surface area (Å²) >= 11 is 0. The van der Waals surface area contributed by atoms with Gasteiger partial charge in [-0.15, -0.1) is 0 Å². The summed E-state index contributed by atoms with van der Waals surface area (Å²) < 4.78 is 21.5. The summed E-state index contributed by atoms with van der Waals surface area (Å²) in [5.74, 6) is 6.19. The van der Waals surface area contributed by atoms with Crippen LogP contribution in [-0.4, -0.2) is 54.3 Å². The molecule has 1 aliphatic rings. The SMILES string of the molecule is CCCCCCCCCCCCCC#C[C@H](OC(=O)OC)[C@@H]1COC(C)(C)N1C(=O)OC(C)(C)C. The number of hydrogen-bond acceptors (Lipinski definition) is 6. The summed E-state index contributed by atoms with van der Waals surface area (Å²) in [6.45, 7) is 11.4. The highest BCUT2D eigenvalue weighted by Crippen LogP contribution is 2.32. The number of methoxy groups -OCH3 is 1. The van der Waals surface area contributed by atoms with Crippen LogP contribution in [-0.2, 0) is 18.9 Å². The Morgan fingerprint density at radius 2 is 1.54 bits per heavy atom. The molecule has 0 bridgehead atoms. The third-order valence-corrected chi connectivity index (χ3v) is 6.00. The fraction of sp³-hybridized carbons (Fsp3) is 0.857. The van der Waals surface area contributed by atoms with E-state index in [2.05, 4.69) is 23.5 Å². The zero-order chi connectivity index (χ0) is 26.3. The van der Waals surface area contributed by atoms with Crippen LogP contribution in [0.1, 0.15) is 119 Å². The lowest BCUT2D eigenvalue weighted by Crippen LogP contribution is -2.53. The lowest BCUT2D eigenvalue weighted by atomic mass is 10.1. The first-order chi connectivity index (χ1) is 16.5. The predicted octanol–water partition coefficient (Wildman–Crippen LogP) is 7.21. The van der Waals surface area contributed by atoms with Crippen LogP contribution in [0.2, 0.25) is 0 Å². The number of hydrogen-bond donors (Lipinski definition) is 0. The van der Waals surface area contributed by atoms with Gasteiger partial charge in [0.1, 0.15) is 17.4 Å². The van der Waals surface area contributed by atoms with Crippen molar-refractivity contribution >= 4 is 12.2 Å². The van der Waals surface area contributed by atoms with Crippen molar-refractivity contribution in [3.8, 4) is 11.8 Å². The van der Waals surface area contributed by atoms with E-state index < -0.39 is 35.7 Å². The van der Waals surface area contributed by atoms with Gasteiger partial charge in [-0.2, -0.15) is 0 Å². The quantitative estimate of drug-likeness (QED) is 0.153. The zero-order valence-electron chi connectivity index (χ0n) is 23.2. The fourth-order valence-electron chi connectivity index (χ4n) is 4.13. The van der Waals surface area contributed by atoms with Gasteiger partial charge < -0.3 is 18.9 Å². The lowest BCUT2D eigenvalue weighted by Gasteiger charge is -2.36. The van der Waals surface area contributed by atoms with E-state index in [0.717, 1.165) is 12.8 Å². The van der Waals surface area contributed by atoms with Gasteiger partial charge in [-0.3, -0.25) is 4.90 Å². The van der Waals surface area contributed by atoms with Crippen molar-refractivity contribution in [1.82, 2.24) is 4.90 Å². The summed E-state index contributed by atoms with van der Waals surface area (Å²) in [7, 11) is 1.25. The molecule has 0 unspecified atom stereocenters. The van der Waals surface area contributed by atoms with Gasteiger partial charge in [0, 0.05) is 6.42 Å². The van der Waals surface area contributed by atoms with Crippen molar-refractivity contribution in [3.63, 3.8) is 0 Å². The van der Waals surface area contributed by atoms with Crippen LogP contribution in [0.3, 0.4) is 0 Å². The van der Waals surface area contributed by atoms with Gasteiger partial charge in [-0.05, 0) is 41.0 Å². The molecule has 1 fully saturated rings. The molecule has 1 heterocycles. The predicted molar refractivity (Wildman–Crippen MR) is 138 cm³/mol. The van der Waals surface area contributed by atoms with E-state index in [1.807, 2.05) is 0 Å². The topological polar surface area (TPSA) is 74.3 Å². The summed E-state index contributed by atoms with van der Waals surface area (Å²) in [6, 6.07) is -0.594. The maximum Gasteiger partial charge on any atom is 0.509 e. The minimum atomic E-state index is -0.914. The molecule has 1 saturated heterocycles. The molecule has 2 atom stereocenters. The first kappa shape index (κ1) is 31.1. The Bertz CT molecular complexity index is 688. The van der Waals surface area contributed by atoms with Crippen molar-refractivity contribution in [2.75, 3.05) is 13.7 Å². The molecule has 0 aromatic heterocycles. The van der Waals surface area contributed by atoms with Crippen LogP contribution in [0, 0.1) is 11.8 Å². The molecule has 1 rings (SSSR count). The Balaban J connectivity index is 2.58. The van der Waals surface area contributed by atoms with Crippen molar-refractivity contribution in [1.29, 1.82) is 0 Å².